The number of hydrogen-bond donors (Lipinski definition) is 4. The number of aliphatic hydroxyl groups excluding tert-OH is 1. The number of benzene rings is 2. The molecule has 1 aliphatic rings. The topological polar surface area (TPSA) is 169 Å². The molecule has 1 saturated heterocycles. The third-order valence-electron chi connectivity index (χ3n) is 6.14. The van der Waals surface area contributed by atoms with Crippen LogP contribution in [0.4, 0.5) is 4.39 Å². The number of aliphatic carboxylic acids is 1. The standard InChI is InChI=1S/C25H27FN3O9P/c1-15(22(32)33)28-39(35,38-18-10-8-17(9-11-18)16-6-4-3-5-7-16)36-14-19-21(31)25(2,26)23(37-19)29-13-12-20(30)27-24(29)34/h3-13,15,19,21,23,31H,14H2,1-2H3,(H,28,35)(H,32,33)(H,27,30,34)/t15-,19+,21+,23+,25+,39-/m0/s1. The van der Waals surface area contributed by atoms with Crippen molar-refractivity contribution in [1.29, 1.82) is 0 Å². The number of halogens is 1. The van der Waals surface area contributed by atoms with Crippen molar-refractivity contribution in [3.8, 4) is 16.9 Å². The summed E-state index contributed by atoms with van der Waals surface area (Å²) in [6, 6.07) is 15.5. The molecule has 0 unspecified atom stereocenters. The summed E-state index contributed by atoms with van der Waals surface area (Å²) in [5.74, 6) is -1.25. The maximum Gasteiger partial charge on any atom is 0.459 e. The molecule has 2 heterocycles. The molecule has 4 rings (SSSR count). The van der Waals surface area contributed by atoms with E-state index in [1.165, 1.54) is 19.1 Å². The number of carboxylic acids is 1. The Morgan fingerprint density at radius 2 is 1.82 bits per heavy atom. The average Bonchev–Trinajstić information content (AvgIpc) is 3.12. The Morgan fingerprint density at radius 1 is 1.18 bits per heavy atom. The first kappa shape index (κ1) is 28.4. The summed E-state index contributed by atoms with van der Waals surface area (Å²) in [4.78, 5) is 36.9. The summed E-state index contributed by atoms with van der Waals surface area (Å²) < 4.78 is 46.3. The van der Waals surface area contributed by atoms with Crippen LogP contribution in [0.2, 0.25) is 0 Å². The second kappa shape index (κ2) is 11.2. The van der Waals surface area contributed by atoms with Crippen molar-refractivity contribution in [2.24, 2.45) is 0 Å². The fraction of sp³-hybridized carbons (Fsp3) is 0.320. The Kier molecular flexibility index (Phi) is 8.19. The summed E-state index contributed by atoms with van der Waals surface area (Å²) in [5, 5.41) is 22.2. The number of ether oxygens (including phenoxy) is 1. The van der Waals surface area contributed by atoms with Gasteiger partial charge in [0.25, 0.3) is 5.56 Å². The molecule has 4 N–H and O–H groups in total. The predicted octanol–water partition coefficient (Wildman–Crippen LogP) is 2.46. The van der Waals surface area contributed by atoms with Crippen LogP contribution in [0.25, 0.3) is 11.1 Å². The van der Waals surface area contributed by atoms with Crippen LogP contribution < -0.4 is 20.9 Å². The minimum Gasteiger partial charge on any atom is -0.480 e. The number of H-pyrrole nitrogens is 1. The fourth-order valence-electron chi connectivity index (χ4n) is 3.99. The van der Waals surface area contributed by atoms with Crippen LogP contribution in [-0.4, -0.2) is 56.3 Å². The molecule has 1 aromatic heterocycles. The third-order valence-corrected chi connectivity index (χ3v) is 7.78. The zero-order valence-electron chi connectivity index (χ0n) is 20.9. The van der Waals surface area contributed by atoms with Crippen molar-refractivity contribution < 1.29 is 37.7 Å². The summed E-state index contributed by atoms with van der Waals surface area (Å²) in [6.07, 6.45) is -3.93. The van der Waals surface area contributed by atoms with Crippen LogP contribution in [-0.2, 0) is 18.6 Å². The van der Waals surface area contributed by atoms with E-state index >= 15 is 4.39 Å². The van der Waals surface area contributed by atoms with Crippen molar-refractivity contribution in [3.05, 3.63) is 87.7 Å². The normalized spacial score (nSPS) is 25.1. The molecule has 0 amide bonds. The molecule has 0 radical (unpaired) electrons. The first-order valence-electron chi connectivity index (χ1n) is 11.8. The van der Waals surface area contributed by atoms with Crippen LogP contribution in [0, 0.1) is 0 Å². The Hall–Kier alpha value is -3.61. The number of carboxylic acid groups (broad SMARTS) is 1. The second-order valence-corrected chi connectivity index (χ2v) is 10.8. The maximum atomic E-state index is 15.5. The zero-order chi connectivity index (χ0) is 28.4. The van der Waals surface area contributed by atoms with Crippen LogP contribution in [0.5, 0.6) is 5.75 Å². The van der Waals surface area contributed by atoms with E-state index in [1.807, 2.05) is 35.3 Å². The molecule has 0 aliphatic carbocycles. The summed E-state index contributed by atoms with van der Waals surface area (Å²) in [5.41, 5.74) is -2.41. The molecule has 0 spiro atoms. The van der Waals surface area contributed by atoms with E-state index in [-0.39, 0.29) is 5.75 Å². The van der Waals surface area contributed by atoms with E-state index in [4.69, 9.17) is 13.8 Å². The minimum absolute atomic E-state index is 0.0870. The average molecular weight is 563 g/mol. The Balaban J connectivity index is 1.53. The van der Waals surface area contributed by atoms with Gasteiger partial charge in [-0.1, -0.05) is 42.5 Å². The van der Waals surface area contributed by atoms with Gasteiger partial charge in [0.15, 0.2) is 11.9 Å². The number of aromatic nitrogens is 2. The van der Waals surface area contributed by atoms with Gasteiger partial charge in [-0.05, 0) is 37.1 Å². The number of aliphatic hydroxyl groups is 1. The predicted molar refractivity (Wildman–Crippen MR) is 137 cm³/mol. The maximum absolute atomic E-state index is 15.5. The molecular formula is C25H27FN3O9P. The molecule has 3 aromatic rings. The Labute approximate surface area is 221 Å². The number of aromatic amines is 1. The van der Waals surface area contributed by atoms with Crippen LogP contribution in [0.3, 0.4) is 0 Å². The molecule has 0 bridgehead atoms. The van der Waals surface area contributed by atoms with Crippen LogP contribution in [0.15, 0.2) is 76.4 Å². The van der Waals surface area contributed by atoms with Gasteiger partial charge in [0.05, 0.1) is 6.61 Å². The monoisotopic (exact) mass is 563 g/mol. The molecular weight excluding hydrogens is 536 g/mol. The number of carbonyl (C=O) groups is 1. The van der Waals surface area contributed by atoms with Crippen molar-refractivity contribution in [1.82, 2.24) is 14.6 Å². The van der Waals surface area contributed by atoms with Gasteiger partial charge in [-0.15, -0.1) is 0 Å². The number of hydrogen-bond acceptors (Lipinski definition) is 8. The Morgan fingerprint density at radius 3 is 2.44 bits per heavy atom. The third kappa shape index (κ3) is 6.35. The van der Waals surface area contributed by atoms with Crippen LogP contribution >= 0.6 is 7.75 Å². The lowest BCUT2D eigenvalue weighted by molar-refractivity contribution is -0.138. The molecule has 1 aliphatic heterocycles. The lowest BCUT2D eigenvalue weighted by atomic mass is 9.98. The lowest BCUT2D eigenvalue weighted by Crippen LogP contribution is -2.43. The molecule has 1 fully saturated rings. The van der Waals surface area contributed by atoms with E-state index in [2.05, 4.69) is 5.09 Å². The number of alkyl halides is 1. The van der Waals surface area contributed by atoms with Gasteiger partial charge in [-0.25, -0.2) is 13.8 Å². The van der Waals surface area contributed by atoms with E-state index in [0.29, 0.717) is 0 Å². The highest BCUT2D eigenvalue weighted by Gasteiger charge is 2.55. The first-order valence-corrected chi connectivity index (χ1v) is 13.4. The summed E-state index contributed by atoms with van der Waals surface area (Å²) >= 11 is 0. The van der Waals surface area contributed by atoms with Crippen molar-refractivity contribution in [2.45, 2.75) is 44.0 Å². The van der Waals surface area contributed by atoms with Crippen molar-refractivity contribution in [3.63, 3.8) is 0 Å². The SMILES string of the molecule is C[C@H](N[P@](=O)(OC[C@H]1O[C@@H](n2ccc(=O)[nH]c2=O)[C@](C)(F)[C@@H]1O)Oc1ccc(-c2ccccc2)cc1)C(=O)O. The van der Waals surface area contributed by atoms with Gasteiger partial charge < -0.3 is 19.5 Å². The van der Waals surface area contributed by atoms with E-state index in [0.717, 1.165) is 34.9 Å². The molecule has 0 saturated carbocycles. The highest BCUT2D eigenvalue weighted by Crippen LogP contribution is 2.47. The second-order valence-electron chi connectivity index (χ2n) is 9.10. The van der Waals surface area contributed by atoms with Gasteiger partial charge >= 0.3 is 19.4 Å². The van der Waals surface area contributed by atoms with Gasteiger partial charge in [0.2, 0.25) is 0 Å². The van der Waals surface area contributed by atoms with Crippen LogP contribution in [0.1, 0.15) is 20.1 Å². The van der Waals surface area contributed by atoms with Gasteiger partial charge in [-0.2, -0.15) is 5.09 Å². The molecule has 208 valence electrons. The van der Waals surface area contributed by atoms with E-state index < -0.39 is 61.7 Å². The Bertz CT molecular complexity index is 1480. The van der Waals surface area contributed by atoms with Gasteiger partial charge in [0, 0.05) is 12.3 Å². The van der Waals surface area contributed by atoms with Gasteiger partial charge in [-0.3, -0.25) is 23.7 Å². The first-order chi connectivity index (χ1) is 18.4. The largest absolute Gasteiger partial charge is 0.480 e. The smallest absolute Gasteiger partial charge is 0.459 e. The fourth-order valence-corrected chi connectivity index (χ4v) is 5.50. The highest BCUT2D eigenvalue weighted by molar-refractivity contribution is 7.52. The van der Waals surface area contributed by atoms with Crippen molar-refractivity contribution in [2.75, 3.05) is 6.61 Å². The highest BCUT2D eigenvalue weighted by atomic mass is 31.2. The molecule has 12 nitrogen and oxygen atoms in total. The zero-order valence-corrected chi connectivity index (χ0v) is 21.8. The molecule has 39 heavy (non-hydrogen) atoms. The van der Waals surface area contributed by atoms with E-state index in [9.17, 15) is 29.2 Å². The van der Waals surface area contributed by atoms with E-state index in [1.54, 1.807) is 12.1 Å². The van der Waals surface area contributed by atoms with Gasteiger partial charge in [0.1, 0.15) is 24.0 Å². The lowest BCUT2D eigenvalue weighted by Gasteiger charge is -2.25. The molecule has 14 heteroatoms. The summed E-state index contributed by atoms with van der Waals surface area (Å²) in [6.45, 7) is 1.52. The summed E-state index contributed by atoms with van der Waals surface area (Å²) in [7, 11) is -4.43. The number of rotatable bonds is 10. The number of nitrogens with one attached hydrogen (secondary N) is 2. The molecule has 2 aromatic carbocycles. The minimum atomic E-state index is -4.43. The quantitative estimate of drug-likeness (QED) is 0.269. The molecule has 6 atom stereocenters. The number of nitrogens with zero attached hydrogens (tertiary/aromatic N) is 1. The van der Waals surface area contributed by atoms with Crippen molar-refractivity contribution >= 4 is 13.7 Å².